The zero-order chi connectivity index (χ0) is 46.2. The number of fused-ring (bicyclic) bond motifs is 1. The molecule has 0 spiro atoms. The topological polar surface area (TPSA) is 186 Å². The van der Waals surface area contributed by atoms with Gasteiger partial charge in [-0.2, -0.15) is 0 Å². The predicted octanol–water partition coefficient (Wildman–Crippen LogP) is 8.66. The van der Waals surface area contributed by atoms with Crippen molar-refractivity contribution in [3.05, 3.63) is 111 Å². The molecule has 1 amide bonds. The Balaban J connectivity index is 1.04. The van der Waals surface area contributed by atoms with Crippen molar-refractivity contribution in [2.75, 3.05) is 63.9 Å². The number of primary amides is 1. The number of aromatic amines is 1. The molecule has 17 heteroatoms. The molecule has 3 aromatic carbocycles. The number of ether oxygens (including phenoxy) is 3. The molecule has 2 saturated heterocycles. The van der Waals surface area contributed by atoms with Crippen LogP contribution in [0.3, 0.4) is 0 Å². The molecule has 2 aliphatic carbocycles. The number of hydrogen-bond donors (Lipinski definition) is 2. The SMILES string of the molecule is CC1(C)CCC(CN2CCN(c3ccc(C(N)=O)c(Oc4cnc5[nH]ccc5c4)c3S(=O)(=O)c3ccc(OC4CCC(N5CCOCC5)CC4)c([N+](=O)[O-])c3)CC2)=C(c2ccc(Cl)cc2)C1. The Hall–Kier alpha value is -5.52. The summed E-state index contributed by atoms with van der Waals surface area (Å²) in [5.41, 5.74) is 10.2. The van der Waals surface area contributed by atoms with E-state index in [1.807, 2.05) is 17.0 Å². The fraction of sp³-hybridized carbons (Fsp3) is 0.429. The second kappa shape index (κ2) is 19.0. The summed E-state index contributed by atoms with van der Waals surface area (Å²) < 4.78 is 48.8. The molecule has 348 valence electrons. The second-order valence-electron chi connectivity index (χ2n) is 18.6. The summed E-state index contributed by atoms with van der Waals surface area (Å²) in [5, 5.41) is 14.1. The number of amides is 1. The van der Waals surface area contributed by atoms with Crippen molar-refractivity contribution in [1.82, 2.24) is 19.8 Å². The highest BCUT2D eigenvalue weighted by atomic mass is 35.5. The first kappa shape index (κ1) is 45.6. The molecule has 0 unspecified atom stereocenters. The van der Waals surface area contributed by atoms with Crippen molar-refractivity contribution >= 4 is 55.3 Å². The number of anilines is 1. The van der Waals surface area contributed by atoms with Gasteiger partial charge in [0.05, 0.1) is 46.6 Å². The second-order valence-corrected chi connectivity index (χ2v) is 20.9. The van der Waals surface area contributed by atoms with E-state index in [-0.39, 0.29) is 49.8 Å². The number of rotatable bonds is 13. The Morgan fingerprint density at radius 1 is 0.985 bits per heavy atom. The van der Waals surface area contributed by atoms with E-state index in [0.717, 1.165) is 57.8 Å². The van der Waals surface area contributed by atoms with Gasteiger partial charge in [0, 0.05) is 74.5 Å². The van der Waals surface area contributed by atoms with Crippen molar-refractivity contribution in [1.29, 1.82) is 0 Å². The first-order chi connectivity index (χ1) is 31.7. The molecular formula is C49H56ClN7O8S. The van der Waals surface area contributed by atoms with Gasteiger partial charge < -0.3 is 29.8 Å². The number of carbonyl (C=O) groups excluding carboxylic acids is 1. The van der Waals surface area contributed by atoms with Crippen LogP contribution < -0.4 is 20.1 Å². The number of H-pyrrole nitrogens is 1. The van der Waals surface area contributed by atoms with Crippen LogP contribution in [0.1, 0.15) is 74.7 Å². The van der Waals surface area contributed by atoms with Gasteiger partial charge in [0.25, 0.3) is 5.91 Å². The number of hydrogen-bond acceptors (Lipinski definition) is 12. The monoisotopic (exact) mass is 937 g/mol. The lowest BCUT2D eigenvalue weighted by Crippen LogP contribution is -2.47. The van der Waals surface area contributed by atoms with E-state index in [4.69, 9.17) is 31.5 Å². The number of nitrogens with two attached hydrogens (primary N) is 1. The van der Waals surface area contributed by atoms with E-state index in [9.17, 15) is 14.9 Å². The van der Waals surface area contributed by atoms with E-state index < -0.39 is 26.4 Å². The molecule has 2 aliphatic heterocycles. The van der Waals surface area contributed by atoms with E-state index in [1.165, 1.54) is 41.1 Å². The zero-order valence-corrected chi connectivity index (χ0v) is 38.9. The van der Waals surface area contributed by atoms with Crippen LogP contribution in [0, 0.1) is 15.5 Å². The number of nitro groups is 1. The number of halogens is 1. The van der Waals surface area contributed by atoms with Crippen molar-refractivity contribution in [2.24, 2.45) is 11.1 Å². The predicted molar refractivity (Wildman–Crippen MR) is 253 cm³/mol. The number of carbonyl (C=O) groups is 1. The van der Waals surface area contributed by atoms with Crippen molar-refractivity contribution in [2.45, 2.75) is 80.7 Å². The minimum Gasteiger partial charge on any atom is -0.484 e. The summed E-state index contributed by atoms with van der Waals surface area (Å²) in [6.45, 7) is 10.7. The molecule has 3 fully saturated rings. The van der Waals surface area contributed by atoms with Crippen molar-refractivity contribution in [3.8, 4) is 17.2 Å². The average Bonchev–Trinajstić information content (AvgIpc) is 3.78. The molecule has 4 aliphatic rings. The van der Waals surface area contributed by atoms with Gasteiger partial charge in [0.1, 0.15) is 16.3 Å². The maximum Gasteiger partial charge on any atom is 0.312 e. The maximum atomic E-state index is 15.3. The number of nitrogens with one attached hydrogen (secondary N) is 1. The summed E-state index contributed by atoms with van der Waals surface area (Å²) in [7, 11) is -4.68. The van der Waals surface area contributed by atoms with Crippen LogP contribution >= 0.6 is 11.6 Å². The standard InChI is InChI=1S/C49H56ClN7O8S/c1-49(2)17-15-34(41(29-49)32-3-5-35(50)6-4-32)31-54-19-21-56(22-20-54)42-13-12-40(47(51)58)45(65-38-27-33-16-18-52-48(33)53-30-38)46(42)66(61,62)39-11-14-44(43(28-39)57(59)60)64-37-9-7-36(8-10-37)55-23-25-63-26-24-55/h3-6,11-14,16,18,27-28,30,36-37H,7-10,15,17,19-26,29,31H2,1-2H3,(H2,51,58)(H,52,53). The van der Waals surface area contributed by atoms with Crippen LogP contribution in [0.15, 0.2) is 94.5 Å². The van der Waals surface area contributed by atoms with Crippen LogP contribution in [0.4, 0.5) is 11.4 Å². The third-order valence-corrected chi connectivity index (χ3v) is 15.7. The van der Waals surface area contributed by atoms with Gasteiger partial charge in [-0.05, 0) is 110 Å². The smallest absolute Gasteiger partial charge is 0.312 e. The van der Waals surface area contributed by atoms with Crippen molar-refractivity contribution in [3.63, 3.8) is 0 Å². The lowest BCUT2D eigenvalue weighted by Gasteiger charge is -2.40. The average molecular weight is 939 g/mol. The highest BCUT2D eigenvalue weighted by Gasteiger charge is 2.37. The van der Waals surface area contributed by atoms with E-state index in [2.05, 4.69) is 45.7 Å². The number of aromatic nitrogens is 2. The summed E-state index contributed by atoms with van der Waals surface area (Å²) in [6.07, 6.45) is 9.05. The molecule has 2 aromatic heterocycles. The lowest BCUT2D eigenvalue weighted by molar-refractivity contribution is -0.386. The summed E-state index contributed by atoms with van der Waals surface area (Å²) in [4.78, 5) is 38.8. The largest absolute Gasteiger partial charge is 0.484 e. The minimum atomic E-state index is -4.68. The summed E-state index contributed by atoms with van der Waals surface area (Å²) in [6, 6.07) is 18.7. The first-order valence-electron chi connectivity index (χ1n) is 22.8. The van der Waals surface area contributed by atoms with Crippen LogP contribution in [0.5, 0.6) is 17.2 Å². The third-order valence-electron chi connectivity index (χ3n) is 13.7. The van der Waals surface area contributed by atoms with Gasteiger partial charge in [0.2, 0.25) is 9.84 Å². The Kier molecular flexibility index (Phi) is 13.1. The molecule has 1 saturated carbocycles. The van der Waals surface area contributed by atoms with Crippen LogP contribution in [0.25, 0.3) is 16.6 Å². The number of nitro benzene ring substituents is 1. The molecule has 66 heavy (non-hydrogen) atoms. The first-order valence-corrected chi connectivity index (χ1v) is 24.6. The molecular weight excluding hydrogens is 882 g/mol. The third kappa shape index (κ3) is 9.79. The highest BCUT2D eigenvalue weighted by Crippen LogP contribution is 2.46. The van der Waals surface area contributed by atoms with Gasteiger partial charge in [-0.15, -0.1) is 0 Å². The molecule has 3 N–H and O–H groups in total. The normalized spacial score (nSPS) is 20.9. The number of sulfone groups is 1. The zero-order valence-electron chi connectivity index (χ0n) is 37.3. The summed E-state index contributed by atoms with van der Waals surface area (Å²) in [5.74, 6) is -1.04. The summed E-state index contributed by atoms with van der Waals surface area (Å²) >= 11 is 6.27. The number of allylic oxidation sites excluding steroid dienone is 1. The number of benzene rings is 3. The Bertz CT molecular complexity index is 2760. The van der Waals surface area contributed by atoms with Gasteiger partial charge in [-0.1, -0.05) is 43.2 Å². The highest BCUT2D eigenvalue weighted by molar-refractivity contribution is 7.91. The molecule has 0 bridgehead atoms. The number of pyridine rings is 1. The number of piperazine rings is 1. The quantitative estimate of drug-likeness (QED) is 0.0847. The van der Waals surface area contributed by atoms with Gasteiger partial charge in [0.15, 0.2) is 11.5 Å². The molecule has 9 rings (SSSR count). The Morgan fingerprint density at radius 3 is 2.44 bits per heavy atom. The van der Waals surface area contributed by atoms with E-state index >= 15 is 8.42 Å². The van der Waals surface area contributed by atoms with Crippen LogP contribution in [-0.4, -0.2) is 110 Å². The molecule has 0 atom stereocenters. The minimum absolute atomic E-state index is 0.00535. The van der Waals surface area contributed by atoms with E-state index in [0.29, 0.717) is 74.3 Å². The van der Waals surface area contributed by atoms with Gasteiger partial charge in [-0.3, -0.25) is 24.7 Å². The van der Waals surface area contributed by atoms with Crippen molar-refractivity contribution < 1.29 is 32.3 Å². The molecule has 15 nitrogen and oxygen atoms in total. The maximum absolute atomic E-state index is 15.3. The number of nitrogens with zero attached hydrogens (tertiary/aromatic N) is 5. The number of morpholine rings is 1. The molecule has 0 radical (unpaired) electrons. The fourth-order valence-corrected chi connectivity index (χ4v) is 11.7. The fourth-order valence-electron chi connectivity index (χ4n) is 10.0. The van der Waals surface area contributed by atoms with Crippen LogP contribution in [0.2, 0.25) is 5.02 Å². The van der Waals surface area contributed by atoms with Gasteiger partial charge >= 0.3 is 5.69 Å². The van der Waals surface area contributed by atoms with Gasteiger partial charge in [-0.25, -0.2) is 13.4 Å². The van der Waals surface area contributed by atoms with Crippen LogP contribution in [-0.2, 0) is 14.6 Å². The van der Waals surface area contributed by atoms with E-state index in [1.54, 1.807) is 24.4 Å². The Labute approximate surface area is 389 Å². The molecule has 5 aromatic rings. The lowest BCUT2D eigenvalue weighted by atomic mass is 9.72. The Morgan fingerprint density at radius 2 is 1.73 bits per heavy atom. The molecule has 4 heterocycles.